The fourth-order valence-electron chi connectivity index (χ4n) is 2.72. The Labute approximate surface area is 131 Å². The fraction of sp³-hybridized carbons (Fsp3) is 0.538. The van der Waals surface area contributed by atoms with Crippen LogP contribution in [0.1, 0.15) is 16.7 Å². The van der Waals surface area contributed by atoms with Crippen molar-refractivity contribution in [3.8, 4) is 0 Å². The largest absolute Gasteiger partial charge is 0.510 e. The van der Waals surface area contributed by atoms with Gasteiger partial charge in [0.15, 0.2) is 0 Å². The molecule has 1 N–H and O–H groups in total. The lowest BCUT2D eigenvalue weighted by atomic mass is 9.73. The molecule has 20 heavy (non-hydrogen) atoms. The minimum absolute atomic E-state index is 0.361. The van der Waals surface area contributed by atoms with Crippen molar-refractivity contribution in [2.75, 3.05) is 26.2 Å². The number of hydrogen-bond donors (Lipinski definition) is 1. The van der Waals surface area contributed by atoms with E-state index in [4.69, 9.17) is 0 Å². The van der Waals surface area contributed by atoms with Crippen LogP contribution in [-0.4, -0.2) is 38.1 Å². The van der Waals surface area contributed by atoms with Gasteiger partial charge in [-0.2, -0.15) is 0 Å². The zero-order chi connectivity index (χ0) is 14.9. The third-order valence-corrected chi connectivity index (χ3v) is 5.00. The van der Waals surface area contributed by atoms with Crippen molar-refractivity contribution < 1.29 is 12.9 Å². The first-order valence-corrected chi connectivity index (χ1v) is 7.80. The van der Waals surface area contributed by atoms with Gasteiger partial charge in [-0.05, 0) is 48.1 Å². The molecular formula is C13H18BF3IN2-. The molecule has 0 spiro atoms. The third-order valence-electron chi connectivity index (χ3n) is 3.88. The van der Waals surface area contributed by atoms with Gasteiger partial charge in [-0.3, -0.25) is 4.90 Å². The van der Waals surface area contributed by atoms with E-state index in [1.165, 1.54) is 0 Å². The molecule has 1 aliphatic rings. The first-order valence-electron chi connectivity index (χ1n) is 6.72. The van der Waals surface area contributed by atoms with Crippen LogP contribution in [-0.2, 0) is 6.54 Å². The van der Waals surface area contributed by atoms with Crippen LogP contribution in [0, 0.1) is 17.4 Å². The number of hydrogen-bond acceptors (Lipinski definition) is 2. The quantitative estimate of drug-likeness (QED) is 0.623. The number of rotatable bonds is 3. The molecule has 0 saturated carbocycles. The van der Waals surface area contributed by atoms with Crippen LogP contribution < -0.4 is 10.8 Å². The lowest BCUT2D eigenvalue weighted by Gasteiger charge is -2.30. The first-order chi connectivity index (χ1) is 9.30. The van der Waals surface area contributed by atoms with Crippen LogP contribution >= 0.6 is 22.6 Å². The average molecular weight is 397 g/mol. The summed E-state index contributed by atoms with van der Waals surface area (Å²) in [4.78, 5) is 2.21. The Morgan fingerprint density at radius 2 is 1.80 bits per heavy atom. The van der Waals surface area contributed by atoms with Crippen molar-refractivity contribution in [3.63, 3.8) is 0 Å². The van der Waals surface area contributed by atoms with Gasteiger partial charge in [0.25, 0.3) is 0 Å². The van der Waals surface area contributed by atoms with E-state index in [1.54, 1.807) is 13.8 Å². The van der Waals surface area contributed by atoms with Crippen molar-refractivity contribution in [2.24, 2.45) is 0 Å². The SMILES string of the molecule is Cc1c(I)cc(CN2CCNCC2)c(C)c1[B-](F)(F)F. The fourth-order valence-corrected chi connectivity index (χ4v) is 3.38. The molecular weight excluding hydrogens is 379 g/mol. The van der Waals surface area contributed by atoms with Crippen molar-refractivity contribution in [1.82, 2.24) is 10.2 Å². The summed E-state index contributed by atoms with van der Waals surface area (Å²) in [5, 5.41) is 3.25. The van der Waals surface area contributed by atoms with Crippen LogP contribution in [0.4, 0.5) is 12.9 Å². The highest BCUT2D eigenvalue weighted by molar-refractivity contribution is 14.1. The Bertz CT molecular complexity index is 499. The van der Waals surface area contributed by atoms with Crippen LogP contribution in [0.3, 0.4) is 0 Å². The Hall–Kier alpha value is -0.275. The molecule has 0 atom stereocenters. The van der Waals surface area contributed by atoms with Crippen molar-refractivity contribution in [2.45, 2.75) is 20.4 Å². The minimum Gasteiger partial charge on any atom is -0.445 e. The second-order valence-corrected chi connectivity index (χ2v) is 6.44. The summed E-state index contributed by atoms with van der Waals surface area (Å²) in [7, 11) is 0. The summed E-state index contributed by atoms with van der Waals surface area (Å²) >= 11 is 2.01. The summed E-state index contributed by atoms with van der Waals surface area (Å²) in [6.45, 7) is 2.38. The maximum Gasteiger partial charge on any atom is 0.510 e. The summed E-state index contributed by atoms with van der Waals surface area (Å²) < 4.78 is 40.6. The number of nitrogens with zero attached hydrogens (tertiary/aromatic N) is 1. The normalized spacial score (nSPS) is 17.5. The lowest BCUT2D eigenvalue weighted by molar-refractivity contribution is 0.233. The zero-order valence-corrected chi connectivity index (χ0v) is 13.8. The van der Waals surface area contributed by atoms with Crippen molar-refractivity contribution in [1.29, 1.82) is 0 Å². The molecule has 0 amide bonds. The van der Waals surface area contributed by atoms with E-state index in [1.807, 2.05) is 28.7 Å². The van der Waals surface area contributed by atoms with E-state index in [9.17, 15) is 12.9 Å². The van der Waals surface area contributed by atoms with E-state index in [0.717, 1.165) is 31.7 Å². The van der Waals surface area contributed by atoms with Gasteiger partial charge in [0.2, 0.25) is 0 Å². The second kappa shape index (κ2) is 6.23. The Morgan fingerprint density at radius 3 is 2.35 bits per heavy atom. The maximum atomic E-state index is 13.3. The Morgan fingerprint density at radius 1 is 1.20 bits per heavy atom. The van der Waals surface area contributed by atoms with Gasteiger partial charge in [-0.1, -0.05) is 11.1 Å². The molecule has 0 bridgehead atoms. The predicted molar refractivity (Wildman–Crippen MR) is 85.5 cm³/mol. The summed E-state index contributed by atoms with van der Waals surface area (Å²) in [5.74, 6) is 0. The predicted octanol–water partition coefficient (Wildman–Crippen LogP) is 2.37. The van der Waals surface area contributed by atoms with Crippen molar-refractivity contribution >= 4 is 35.0 Å². The third kappa shape index (κ3) is 3.48. The van der Waals surface area contributed by atoms with Gasteiger partial charge < -0.3 is 18.3 Å². The molecule has 0 aromatic heterocycles. The van der Waals surface area contributed by atoms with Crippen LogP contribution in [0.25, 0.3) is 0 Å². The standard InChI is InChI=1S/C13H18BF3IN2/c1-9-11(8-20-5-3-19-4-6-20)7-12(18)10(2)13(9)14(15,16)17/h7,19H,3-6,8H2,1-2H3/q-1. The lowest BCUT2D eigenvalue weighted by Crippen LogP contribution is -2.44. The Kier molecular flexibility index (Phi) is 5.02. The van der Waals surface area contributed by atoms with E-state index in [-0.39, 0.29) is 0 Å². The first kappa shape index (κ1) is 16.1. The van der Waals surface area contributed by atoms with Crippen LogP contribution in [0.2, 0.25) is 0 Å². The molecule has 0 aliphatic carbocycles. The van der Waals surface area contributed by atoms with E-state index >= 15 is 0 Å². The van der Waals surface area contributed by atoms with E-state index < -0.39 is 12.4 Å². The van der Waals surface area contributed by atoms with Gasteiger partial charge in [0.05, 0.1) is 0 Å². The maximum absolute atomic E-state index is 13.3. The summed E-state index contributed by atoms with van der Waals surface area (Å²) in [6.07, 6.45) is 0. The van der Waals surface area contributed by atoms with Crippen LogP contribution in [0.15, 0.2) is 6.07 Å². The van der Waals surface area contributed by atoms with Gasteiger partial charge in [-0.25, -0.2) is 0 Å². The molecule has 0 radical (unpaired) electrons. The molecule has 1 fully saturated rings. The minimum atomic E-state index is -4.96. The van der Waals surface area contributed by atoms with Gasteiger partial charge in [0, 0.05) is 36.3 Å². The number of piperazine rings is 1. The van der Waals surface area contributed by atoms with Gasteiger partial charge in [-0.15, -0.1) is 5.46 Å². The molecule has 0 unspecified atom stereocenters. The zero-order valence-electron chi connectivity index (χ0n) is 11.6. The molecule has 1 aliphatic heterocycles. The highest BCUT2D eigenvalue weighted by Crippen LogP contribution is 2.23. The average Bonchev–Trinajstić information content (AvgIpc) is 2.36. The molecule has 7 heteroatoms. The monoisotopic (exact) mass is 397 g/mol. The summed E-state index contributed by atoms with van der Waals surface area (Å²) in [6, 6.07) is 1.90. The van der Waals surface area contributed by atoms with Crippen molar-refractivity contribution in [3.05, 3.63) is 26.3 Å². The smallest absolute Gasteiger partial charge is 0.445 e. The topological polar surface area (TPSA) is 15.3 Å². The number of benzene rings is 1. The summed E-state index contributed by atoms with van der Waals surface area (Å²) in [5.41, 5.74) is 1.16. The highest BCUT2D eigenvalue weighted by Gasteiger charge is 2.31. The molecule has 1 saturated heterocycles. The second-order valence-electron chi connectivity index (χ2n) is 5.28. The molecule has 112 valence electrons. The number of nitrogens with one attached hydrogen (secondary N) is 1. The number of halogens is 4. The Balaban J connectivity index is 2.36. The molecule has 2 rings (SSSR count). The molecule has 1 aromatic carbocycles. The van der Waals surface area contributed by atoms with Crippen LogP contribution in [0.5, 0.6) is 0 Å². The molecule has 1 heterocycles. The van der Waals surface area contributed by atoms with Gasteiger partial charge >= 0.3 is 6.98 Å². The molecule has 2 nitrogen and oxygen atoms in total. The highest BCUT2D eigenvalue weighted by atomic mass is 127. The van der Waals surface area contributed by atoms with E-state index in [0.29, 0.717) is 21.2 Å². The van der Waals surface area contributed by atoms with Gasteiger partial charge in [0.1, 0.15) is 0 Å². The van der Waals surface area contributed by atoms with E-state index in [2.05, 4.69) is 10.2 Å². The molecule has 1 aromatic rings.